The monoisotopic (exact) mass is 274 g/mol. The van der Waals surface area contributed by atoms with E-state index in [0.717, 1.165) is 31.4 Å². The first kappa shape index (κ1) is 12.4. The van der Waals surface area contributed by atoms with Gasteiger partial charge in [-0.05, 0) is 38.5 Å². The molecule has 0 amide bonds. The normalized spacial score (nSPS) is 34.8. The quantitative estimate of drug-likeness (QED) is 0.830. The summed E-state index contributed by atoms with van der Waals surface area (Å²) in [6.45, 7) is 4.33. The van der Waals surface area contributed by atoms with Crippen LogP contribution in [0.4, 0.5) is 0 Å². The molecule has 2 aliphatic carbocycles. The Morgan fingerprint density at radius 3 is 3.00 bits per heavy atom. The van der Waals surface area contributed by atoms with Gasteiger partial charge >= 0.3 is 0 Å². The molecule has 0 radical (unpaired) electrons. The van der Waals surface area contributed by atoms with Crippen molar-refractivity contribution in [3.8, 4) is 0 Å². The molecule has 4 nitrogen and oxygen atoms in total. The molecule has 3 atom stereocenters. The molecule has 4 rings (SSSR count). The van der Waals surface area contributed by atoms with E-state index in [2.05, 4.69) is 24.2 Å². The predicted octanol–water partition coefficient (Wildman–Crippen LogP) is 3.39. The summed E-state index contributed by atoms with van der Waals surface area (Å²) in [7, 11) is 0. The first-order valence-corrected chi connectivity index (χ1v) is 8.02. The molecule has 108 valence electrons. The number of oxime groups is 1. The number of hydrogen-bond acceptors (Lipinski definition) is 4. The third kappa shape index (κ3) is 1.42. The van der Waals surface area contributed by atoms with Crippen LogP contribution in [-0.4, -0.2) is 17.0 Å². The van der Waals surface area contributed by atoms with Crippen molar-refractivity contribution in [3.63, 3.8) is 0 Å². The zero-order chi connectivity index (χ0) is 13.7. The van der Waals surface area contributed by atoms with E-state index >= 15 is 0 Å². The van der Waals surface area contributed by atoms with Gasteiger partial charge < -0.3 is 9.36 Å². The number of aromatic nitrogens is 1. The summed E-state index contributed by atoms with van der Waals surface area (Å²) in [5.41, 5.74) is 3.84. The minimum absolute atomic E-state index is 0.0269. The second-order valence-electron chi connectivity index (χ2n) is 6.40. The average Bonchev–Trinajstić information content (AvgIpc) is 3.15. The van der Waals surface area contributed by atoms with Crippen molar-refractivity contribution >= 4 is 5.71 Å². The molecule has 1 spiro atoms. The Kier molecular flexibility index (Phi) is 2.69. The van der Waals surface area contributed by atoms with Gasteiger partial charge in [0, 0.05) is 17.9 Å². The molecule has 1 aromatic heterocycles. The molecule has 3 aliphatic rings. The summed E-state index contributed by atoms with van der Waals surface area (Å²) in [5, 5.41) is 8.96. The number of rotatable bonds is 2. The van der Waals surface area contributed by atoms with Crippen LogP contribution in [0.25, 0.3) is 0 Å². The van der Waals surface area contributed by atoms with Crippen LogP contribution in [0.5, 0.6) is 0 Å². The summed E-state index contributed by atoms with van der Waals surface area (Å²) >= 11 is 0. The van der Waals surface area contributed by atoms with Gasteiger partial charge in [-0.3, -0.25) is 0 Å². The number of hydrogen-bond donors (Lipinski definition) is 0. The molecule has 0 bridgehead atoms. The summed E-state index contributed by atoms with van der Waals surface area (Å²) in [5.74, 6) is 1.59. The largest absolute Gasteiger partial charge is 0.392 e. The Bertz CT molecular complexity index is 563. The van der Waals surface area contributed by atoms with Gasteiger partial charge in [0.25, 0.3) is 0 Å². The van der Waals surface area contributed by atoms with Gasteiger partial charge in [-0.1, -0.05) is 24.2 Å². The zero-order valence-corrected chi connectivity index (χ0v) is 12.3. The number of aryl methyl sites for hydroxylation is 1. The molecule has 4 heteroatoms. The first-order valence-electron chi connectivity index (χ1n) is 8.02. The van der Waals surface area contributed by atoms with Crippen molar-refractivity contribution in [2.75, 3.05) is 0 Å². The maximum atomic E-state index is 5.67. The maximum Gasteiger partial charge on any atom is 0.139 e. The van der Waals surface area contributed by atoms with Crippen molar-refractivity contribution in [2.45, 2.75) is 70.3 Å². The summed E-state index contributed by atoms with van der Waals surface area (Å²) in [6, 6.07) is 0. The topological polar surface area (TPSA) is 47.6 Å². The van der Waals surface area contributed by atoms with Crippen molar-refractivity contribution in [1.82, 2.24) is 5.16 Å². The highest BCUT2D eigenvalue weighted by Crippen LogP contribution is 2.52. The fraction of sp³-hybridized carbons (Fsp3) is 0.750. The lowest BCUT2D eigenvalue weighted by Gasteiger charge is -2.31. The number of fused-ring (bicyclic) bond motifs is 4. The minimum atomic E-state index is 0.0269. The molecule has 0 saturated heterocycles. The van der Waals surface area contributed by atoms with Gasteiger partial charge in [-0.15, -0.1) is 0 Å². The van der Waals surface area contributed by atoms with Gasteiger partial charge in [0.05, 0.1) is 16.8 Å². The van der Waals surface area contributed by atoms with Gasteiger partial charge in [-0.2, -0.15) is 0 Å². The Morgan fingerprint density at radius 1 is 1.30 bits per heavy atom. The lowest BCUT2D eigenvalue weighted by Crippen LogP contribution is -2.37. The lowest BCUT2D eigenvalue weighted by molar-refractivity contribution is 0.0562. The van der Waals surface area contributed by atoms with Crippen LogP contribution in [0.1, 0.15) is 63.0 Å². The Labute approximate surface area is 119 Å². The highest BCUT2D eigenvalue weighted by atomic mass is 16.6. The molecule has 0 N–H and O–H groups in total. The van der Waals surface area contributed by atoms with Gasteiger partial charge in [-0.25, -0.2) is 0 Å². The summed E-state index contributed by atoms with van der Waals surface area (Å²) in [4.78, 5) is 5.67. The minimum Gasteiger partial charge on any atom is -0.392 e. The van der Waals surface area contributed by atoms with Crippen LogP contribution in [0.15, 0.2) is 9.68 Å². The SMILES string of the molecule is CCc1onc2c1CCC[C@]21CC[C@H]2C1=NOC2CC. The molecule has 1 saturated carbocycles. The van der Waals surface area contributed by atoms with Gasteiger partial charge in [0.15, 0.2) is 0 Å². The molecular formula is C16H22N2O2. The molecule has 2 heterocycles. The van der Waals surface area contributed by atoms with Crippen LogP contribution in [0.3, 0.4) is 0 Å². The smallest absolute Gasteiger partial charge is 0.139 e. The van der Waals surface area contributed by atoms with E-state index in [4.69, 9.17) is 9.36 Å². The average molecular weight is 274 g/mol. The molecule has 1 aromatic rings. The second-order valence-corrected chi connectivity index (χ2v) is 6.40. The summed E-state index contributed by atoms with van der Waals surface area (Å²) < 4.78 is 5.61. The highest BCUT2D eigenvalue weighted by Gasteiger charge is 2.55. The van der Waals surface area contributed by atoms with Crippen molar-refractivity contribution in [3.05, 3.63) is 17.0 Å². The molecule has 1 fully saturated rings. The first-order chi connectivity index (χ1) is 9.80. The maximum absolute atomic E-state index is 5.67. The molecule has 0 aromatic carbocycles. The van der Waals surface area contributed by atoms with Crippen molar-refractivity contribution < 1.29 is 9.36 Å². The Hall–Kier alpha value is -1.32. The van der Waals surface area contributed by atoms with Crippen LogP contribution >= 0.6 is 0 Å². The molecule has 1 aliphatic heterocycles. The van der Waals surface area contributed by atoms with E-state index in [9.17, 15) is 0 Å². The molecular weight excluding hydrogens is 252 g/mol. The van der Waals surface area contributed by atoms with E-state index in [0.29, 0.717) is 5.92 Å². The van der Waals surface area contributed by atoms with E-state index in [1.807, 2.05) is 0 Å². The van der Waals surface area contributed by atoms with Crippen molar-refractivity contribution in [1.29, 1.82) is 0 Å². The van der Waals surface area contributed by atoms with E-state index in [1.54, 1.807) is 0 Å². The highest BCUT2D eigenvalue weighted by molar-refractivity contribution is 5.99. The van der Waals surface area contributed by atoms with E-state index in [1.165, 1.54) is 36.2 Å². The number of nitrogens with zero attached hydrogens (tertiary/aromatic N) is 2. The van der Waals surface area contributed by atoms with Crippen molar-refractivity contribution in [2.24, 2.45) is 11.1 Å². The van der Waals surface area contributed by atoms with Gasteiger partial charge in [0.2, 0.25) is 0 Å². The van der Waals surface area contributed by atoms with Gasteiger partial charge in [0.1, 0.15) is 11.9 Å². The third-order valence-corrected chi connectivity index (χ3v) is 5.54. The van der Waals surface area contributed by atoms with E-state index < -0.39 is 0 Å². The lowest BCUT2D eigenvalue weighted by atomic mass is 9.70. The Morgan fingerprint density at radius 2 is 2.20 bits per heavy atom. The molecule has 1 unspecified atom stereocenters. The van der Waals surface area contributed by atoms with Crippen LogP contribution < -0.4 is 0 Å². The fourth-order valence-corrected chi connectivity index (χ4v) is 4.53. The second kappa shape index (κ2) is 4.34. The van der Waals surface area contributed by atoms with Crippen LogP contribution in [-0.2, 0) is 23.1 Å². The predicted molar refractivity (Wildman–Crippen MR) is 75.8 cm³/mol. The Balaban J connectivity index is 1.79. The van der Waals surface area contributed by atoms with Crippen LogP contribution in [0.2, 0.25) is 0 Å². The zero-order valence-electron chi connectivity index (χ0n) is 12.3. The van der Waals surface area contributed by atoms with Crippen LogP contribution in [0, 0.1) is 5.92 Å². The molecule has 20 heavy (non-hydrogen) atoms. The fourth-order valence-electron chi connectivity index (χ4n) is 4.53. The standard InChI is InChI=1S/C16H22N2O2/c1-3-12-10-6-5-8-16(14(10)17-19-12)9-7-11-13(4-2)20-18-15(11)16/h11,13H,3-9H2,1-2H3/t11-,13?,16+/m1/s1. The van der Waals surface area contributed by atoms with E-state index in [-0.39, 0.29) is 11.5 Å². The third-order valence-electron chi connectivity index (χ3n) is 5.54. The summed E-state index contributed by atoms with van der Waals surface area (Å²) in [6.07, 6.45) is 8.09.